The molecule has 3 aliphatic rings. The summed E-state index contributed by atoms with van der Waals surface area (Å²) < 4.78 is 5.53. The number of piperidine rings is 2. The SMILES string of the molecule is COC1CCN(C2CCN3CCC2C3)C(CN)C1. The lowest BCUT2D eigenvalue weighted by Gasteiger charge is -2.46. The molecule has 0 aliphatic carbocycles. The molecule has 3 fully saturated rings. The van der Waals surface area contributed by atoms with E-state index in [-0.39, 0.29) is 0 Å². The van der Waals surface area contributed by atoms with Crippen molar-refractivity contribution in [2.24, 2.45) is 11.7 Å². The molecule has 2 N–H and O–H groups in total. The minimum absolute atomic E-state index is 0.429. The first-order chi connectivity index (χ1) is 8.81. The molecule has 4 nitrogen and oxygen atoms in total. The second-order valence-corrected chi connectivity index (χ2v) is 6.21. The molecule has 3 heterocycles. The molecule has 0 aromatic rings. The number of rotatable bonds is 3. The van der Waals surface area contributed by atoms with Gasteiger partial charge in [0.25, 0.3) is 0 Å². The Kier molecular flexibility index (Phi) is 3.89. The third kappa shape index (κ3) is 2.31. The van der Waals surface area contributed by atoms with Crippen LogP contribution in [0, 0.1) is 5.92 Å². The molecule has 104 valence electrons. The van der Waals surface area contributed by atoms with E-state index in [0.717, 1.165) is 24.9 Å². The lowest BCUT2D eigenvalue weighted by molar-refractivity contribution is -0.0234. The van der Waals surface area contributed by atoms with E-state index in [4.69, 9.17) is 10.5 Å². The number of likely N-dealkylation sites (tertiary alicyclic amines) is 1. The highest BCUT2D eigenvalue weighted by Gasteiger charge is 2.41. The topological polar surface area (TPSA) is 41.7 Å². The summed E-state index contributed by atoms with van der Waals surface area (Å²) in [5.41, 5.74) is 6.01. The average molecular weight is 253 g/mol. The largest absolute Gasteiger partial charge is 0.381 e. The third-order valence-electron chi connectivity index (χ3n) is 5.34. The van der Waals surface area contributed by atoms with E-state index < -0.39 is 0 Å². The van der Waals surface area contributed by atoms with Gasteiger partial charge in [-0.2, -0.15) is 0 Å². The van der Waals surface area contributed by atoms with E-state index in [0.29, 0.717) is 12.1 Å². The Morgan fingerprint density at radius 2 is 2.00 bits per heavy atom. The van der Waals surface area contributed by atoms with Crippen molar-refractivity contribution >= 4 is 0 Å². The van der Waals surface area contributed by atoms with Gasteiger partial charge in [0.15, 0.2) is 0 Å². The molecule has 3 rings (SSSR count). The van der Waals surface area contributed by atoms with E-state index in [9.17, 15) is 0 Å². The maximum atomic E-state index is 6.01. The molecule has 0 radical (unpaired) electrons. The molecule has 0 saturated carbocycles. The molecule has 5 unspecified atom stereocenters. The van der Waals surface area contributed by atoms with Crippen molar-refractivity contribution in [2.75, 3.05) is 39.8 Å². The van der Waals surface area contributed by atoms with Crippen LogP contribution in [0.5, 0.6) is 0 Å². The Labute approximate surface area is 110 Å². The van der Waals surface area contributed by atoms with Gasteiger partial charge in [-0.3, -0.25) is 4.90 Å². The fraction of sp³-hybridized carbons (Fsp3) is 1.00. The van der Waals surface area contributed by atoms with Gasteiger partial charge in [-0.05, 0) is 44.7 Å². The zero-order chi connectivity index (χ0) is 12.5. The van der Waals surface area contributed by atoms with Gasteiger partial charge in [-0.1, -0.05) is 0 Å². The first kappa shape index (κ1) is 12.9. The van der Waals surface area contributed by atoms with Crippen LogP contribution in [-0.2, 0) is 4.74 Å². The molecular weight excluding hydrogens is 226 g/mol. The number of hydrogen-bond acceptors (Lipinski definition) is 4. The van der Waals surface area contributed by atoms with Crippen molar-refractivity contribution < 1.29 is 4.74 Å². The van der Waals surface area contributed by atoms with E-state index in [1.165, 1.54) is 45.4 Å². The second kappa shape index (κ2) is 5.45. The summed E-state index contributed by atoms with van der Waals surface area (Å²) in [7, 11) is 1.84. The molecule has 0 amide bonds. The molecule has 3 saturated heterocycles. The van der Waals surface area contributed by atoms with E-state index in [1.807, 2.05) is 7.11 Å². The summed E-state index contributed by atoms with van der Waals surface area (Å²) in [5, 5.41) is 0. The maximum Gasteiger partial charge on any atom is 0.0599 e. The van der Waals surface area contributed by atoms with Crippen LogP contribution in [0.15, 0.2) is 0 Å². The molecular formula is C14H27N3O. The second-order valence-electron chi connectivity index (χ2n) is 6.21. The molecule has 0 aromatic heterocycles. The lowest BCUT2D eigenvalue weighted by atomic mass is 9.88. The Hall–Kier alpha value is -0.160. The fourth-order valence-electron chi connectivity index (χ4n) is 4.28. The van der Waals surface area contributed by atoms with Crippen molar-refractivity contribution in [1.82, 2.24) is 9.80 Å². The summed E-state index contributed by atoms with van der Waals surface area (Å²) in [6.45, 7) is 5.91. The molecule has 18 heavy (non-hydrogen) atoms. The van der Waals surface area contributed by atoms with Gasteiger partial charge in [-0.25, -0.2) is 0 Å². The quantitative estimate of drug-likeness (QED) is 0.796. The van der Waals surface area contributed by atoms with Crippen LogP contribution in [0.2, 0.25) is 0 Å². The smallest absolute Gasteiger partial charge is 0.0599 e. The maximum absolute atomic E-state index is 6.01. The first-order valence-electron chi connectivity index (χ1n) is 7.52. The number of nitrogens with zero attached hydrogens (tertiary/aromatic N) is 2. The van der Waals surface area contributed by atoms with E-state index in [2.05, 4.69) is 9.80 Å². The summed E-state index contributed by atoms with van der Waals surface area (Å²) in [5.74, 6) is 0.895. The predicted molar refractivity (Wildman–Crippen MR) is 72.5 cm³/mol. The van der Waals surface area contributed by atoms with Crippen LogP contribution in [0.3, 0.4) is 0 Å². The summed E-state index contributed by atoms with van der Waals surface area (Å²) in [6.07, 6.45) is 5.48. The summed E-state index contributed by atoms with van der Waals surface area (Å²) >= 11 is 0. The van der Waals surface area contributed by atoms with Gasteiger partial charge in [0, 0.05) is 38.8 Å². The monoisotopic (exact) mass is 253 g/mol. The van der Waals surface area contributed by atoms with Crippen molar-refractivity contribution in [1.29, 1.82) is 0 Å². The third-order valence-corrected chi connectivity index (χ3v) is 5.34. The van der Waals surface area contributed by atoms with Crippen LogP contribution in [0.4, 0.5) is 0 Å². The van der Waals surface area contributed by atoms with E-state index >= 15 is 0 Å². The minimum atomic E-state index is 0.429. The van der Waals surface area contributed by atoms with Gasteiger partial charge in [-0.15, -0.1) is 0 Å². The number of fused-ring (bicyclic) bond motifs is 2. The summed E-state index contributed by atoms with van der Waals surface area (Å²) in [4.78, 5) is 5.35. The Balaban J connectivity index is 1.67. The van der Waals surface area contributed by atoms with E-state index in [1.54, 1.807) is 0 Å². The van der Waals surface area contributed by atoms with Gasteiger partial charge in [0.05, 0.1) is 6.10 Å². The minimum Gasteiger partial charge on any atom is -0.381 e. The Morgan fingerprint density at radius 1 is 1.17 bits per heavy atom. The normalized spacial score (nSPS) is 45.3. The van der Waals surface area contributed by atoms with Crippen LogP contribution in [0.1, 0.15) is 25.7 Å². The van der Waals surface area contributed by atoms with Crippen molar-refractivity contribution in [3.63, 3.8) is 0 Å². The van der Waals surface area contributed by atoms with Gasteiger partial charge < -0.3 is 15.4 Å². The van der Waals surface area contributed by atoms with Crippen LogP contribution in [0.25, 0.3) is 0 Å². The first-order valence-corrected chi connectivity index (χ1v) is 7.52. The van der Waals surface area contributed by atoms with Crippen molar-refractivity contribution in [3.05, 3.63) is 0 Å². The van der Waals surface area contributed by atoms with Gasteiger partial charge in [0.1, 0.15) is 0 Å². The van der Waals surface area contributed by atoms with Crippen LogP contribution in [-0.4, -0.2) is 67.8 Å². The molecule has 4 heteroatoms. The van der Waals surface area contributed by atoms with Crippen LogP contribution >= 0.6 is 0 Å². The highest BCUT2D eigenvalue weighted by Crippen LogP contribution is 2.34. The van der Waals surface area contributed by atoms with Crippen LogP contribution < -0.4 is 5.73 Å². The zero-order valence-electron chi connectivity index (χ0n) is 11.6. The van der Waals surface area contributed by atoms with Gasteiger partial charge in [0.2, 0.25) is 0 Å². The standard InChI is InChI=1S/C14H27N3O/c1-18-13-3-7-17(12(8-13)9-15)14-4-6-16-5-2-11(14)10-16/h11-14H,2-10,15H2,1H3. The fourth-order valence-corrected chi connectivity index (χ4v) is 4.28. The summed E-state index contributed by atoms with van der Waals surface area (Å²) in [6, 6.07) is 1.33. The average Bonchev–Trinajstić information content (AvgIpc) is 2.80. The zero-order valence-corrected chi connectivity index (χ0v) is 11.6. The highest BCUT2D eigenvalue weighted by molar-refractivity contribution is 4.96. The number of ether oxygens (including phenoxy) is 1. The molecule has 0 aromatic carbocycles. The molecule has 5 atom stereocenters. The van der Waals surface area contributed by atoms with Crippen molar-refractivity contribution in [2.45, 2.75) is 43.9 Å². The molecule has 0 spiro atoms. The molecule has 2 bridgehead atoms. The number of nitrogens with two attached hydrogens (primary N) is 1. The Bertz CT molecular complexity index is 286. The predicted octanol–water partition coefficient (Wildman–Crippen LogP) is 0.519. The lowest BCUT2D eigenvalue weighted by Crippen LogP contribution is -2.56. The Morgan fingerprint density at radius 3 is 2.78 bits per heavy atom. The highest BCUT2D eigenvalue weighted by atomic mass is 16.5. The number of hydrogen-bond donors (Lipinski definition) is 1. The van der Waals surface area contributed by atoms with Gasteiger partial charge >= 0.3 is 0 Å². The number of methoxy groups -OCH3 is 1. The molecule has 3 aliphatic heterocycles. The van der Waals surface area contributed by atoms with Crippen molar-refractivity contribution in [3.8, 4) is 0 Å².